The van der Waals surface area contributed by atoms with Gasteiger partial charge in [-0.2, -0.15) is 0 Å². The number of carbonyl (C=O) groups is 2. The summed E-state index contributed by atoms with van der Waals surface area (Å²) in [5.74, 6) is -0.897. The second-order valence-corrected chi connectivity index (χ2v) is 18.1. The number of ether oxygens (including phenoxy) is 2. The molecule has 62 heavy (non-hydrogen) atoms. The van der Waals surface area contributed by atoms with E-state index in [-0.39, 0.29) is 26.1 Å². The third-order valence-electron chi connectivity index (χ3n) is 10.7. The van der Waals surface area contributed by atoms with Gasteiger partial charge >= 0.3 is 19.8 Å². The van der Waals surface area contributed by atoms with Crippen LogP contribution in [0.25, 0.3) is 0 Å². The fraction of sp³-hybridized carbons (Fsp3) is 0.769. The summed E-state index contributed by atoms with van der Waals surface area (Å²) in [6.45, 7) is 4.14. The number of rotatable bonds is 47. The summed E-state index contributed by atoms with van der Waals surface area (Å²) in [4.78, 5) is 35.2. The average Bonchev–Trinajstić information content (AvgIpc) is 3.26. The molecule has 0 heterocycles. The molecule has 9 nitrogen and oxygen atoms in total. The number of hydrogen-bond donors (Lipinski definition) is 2. The van der Waals surface area contributed by atoms with E-state index in [1.165, 1.54) is 141 Å². The lowest BCUT2D eigenvalue weighted by molar-refractivity contribution is -0.161. The maximum atomic E-state index is 12.7. The van der Waals surface area contributed by atoms with Gasteiger partial charge in [0.2, 0.25) is 0 Å². The first-order valence-corrected chi connectivity index (χ1v) is 26.7. The Labute approximate surface area is 381 Å². The number of likely N-dealkylation sites (N-methyl/N-ethyl adjacent to an activating group) is 1. The molecule has 0 aliphatic heterocycles. The van der Waals surface area contributed by atoms with Gasteiger partial charge < -0.3 is 19.7 Å². The number of phosphoric acid groups is 1. The van der Waals surface area contributed by atoms with Crippen LogP contribution in [0.4, 0.5) is 0 Å². The molecule has 0 spiro atoms. The molecule has 0 aromatic heterocycles. The molecule has 0 bridgehead atoms. The highest BCUT2D eigenvalue weighted by molar-refractivity contribution is 7.47. The minimum absolute atomic E-state index is 0.0286. The Hall–Kier alpha value is -2.29. The number of esters is 2. The van der Waals surface area contributed by atoms with Crippen molar-refractivity contribution >= 4 is 19.8 Å². The van der Waals surface area contributed by atoms with E-state index in [2.05, 4.69) is 67.8 Å². The van der Waals surface area contributed by atoms with Gasteiger partial charge in [0.05, 0.1) is 13.2 Å². The van der Waals surface area contributed by atoms with Crippen molar-refractivity contribution in [2.24, 2.45) is 0 Å². The van der Waals surface area contributed by atoms with Crippen LogP contribution in [0.3, 0.4) is 0 Å². The van der Waals surface area contributed by atoms with E-state index >= 15 is 0 Å². The molecule has 0 aliphatic rings. The predicted molar refractivity (Wildman–Crippen MR) is 261 cm³/mol. The lowest BCUT2D eigenvalue weighted by atomic mass is 10.0. The van der Waals surface area contributed by atoms with Crippen LogP contribution in [0.5, 0.6) is 0 Å². The number of unbranched alkanes of at least 4 members (excludes halogenated alkanes) is 23. The second kappa shape index (κ2) is 48.2. The molecule has 0 aromatic carbocycles. The van der Waals surface area contributed by atoms with Gasteiger partial charge in [0.25, 0.3) is 0 Å². The summed E-state index contributed by atoms with van der Waals surface area (Å²) >= 11 is 0. The minimum atomic E-state index is -4.37. The van der Waals surface area contributed by atoms with Crippen molar-refractivity contribution in [3.8, 4) is 0 Å². The average molecular weight is 892 g/mol. The van der Waals surface area contributed by atoms with Crippen LogP contribution < -0.4 is 5.32 Å². The van der Waals surface area contributed by atoms with Crippen molar-refractivity contribution in [3.63, 3.8) is 0 Å². The molecule has 0 amide bonds. The van der Waals surface area contributed by atoms with Gasteiger partial charge in [-0.3, -0.25) is 18.6 Å². The zero-order valence-corrected chi connectivity index (χ0v) is 41.0. The number of hydrogen-bond acceptors (Lipinski definition) is 8. The van der Waals surface area contributed by atoms with Crippen molar-refractivity contribution in [1.82, 2.24) is 5.32 Å². The quantitative estimate of drug-likeness (QED) is 0.0266. The van der Waals surface area contributed by atoms with E-state index in [0.29, 0.717) is 19.4 Å². The molecule has 2 unspecified atom stereocenters. The molecular formula is C52H94NO8P. The lowest BCUT2D eigenvalue weighted by Gasteiger charge is -2.20. The highest BCUT2D eigenvalue weighted by Gasteiger charge is 2.26. The van der Waals surface area contributed by atoms with Gasteiger partial charge in [-0.1, -0.05) is 216 Å². The van der Waals surface area contributed by atoms with Gasteiger partial charge in [0.15, 0.2) is 6.10 Å². The molecule has 0 saturated heterocycles. The molecular weight excluding hydrogens is 798 g/mol. The first kappa shape index (κ1) is 59.7. The van der Waals surface area contributed by atoms with Crippen LogP contribution in [0.1, 0.15) is 219 Å². The van der Waals surface area contributed by atoms with Gasteiger partial charge in [-0.25, -0.2) is 4.57 Å². The van der Waals surface area contributed by atoms with E-state index < -0.39 is 32.5 Å². The summed E-state index contributed by atoms with van der Waals surface area (Å²) in [5, 5.41) is 2.82. The third kappa shape index (κ3) is 47.2. The summed E-state index contributed by atoms with van der Waals surface area (Å²) in [5.41, 5.74) is 0. The lowest BCUT2D eigenvalue weighted by Crippen LogP contribution is -2.29. The monoisotopic (exact) mass is 892 g/mol. The summed E-state index contributed by atoms with van der Waals surface area (Å²) in [6, 6.07) is 0. The first-order valence-electron chi connectivity index (χ1n) is 25.2. The Bertz CT molecular complexity index is 1200. The Morgan fingerprint density at radius 1 is 0.500 bits per heavy atom. The highest BCUT2D eigenvalue weighted by Crippen LogP contribution is 2.43. The van der Waals surface area contributed by atoms with E-state index in [1.54, 1.807) is 7.05 Å². The predicted octanol–water partition coefficient (Wildman–Crippen LogP) is 15.1. The van der Waals surface area contributed by atoms with Gasteiger partial charge in [0.1, 0.15) is 6.61 Å². The normalized spacial score (nSPS) is 13.7. The summed E-state index contributed by atoms with van der Waals surface area (Å²) in [7, 11) is -2.68. The van der Waals surface area contributed by atoms with Gasteiger partial charge in [-0.15, -0.1) is 0 Å². The largest absolute Gasteiger partial charge is 0.472 e. The maximum absolute atomic E-state index is 12.7. The van der Waals surface area contributed by atoms with Gasteiger partial charge in [0, 0.05) is 19.4 Å². The van der Waals surface area contributed by atoms with Crippen LogP contribution in [0.15, 0.2) is 60.8 Å². The van der Waals surface area contributed by atoms with Crippen LogP contribution in [-0.4, -0.2) is 56.3 Å². The molecule has 0 fully saturated rings. The van der Waals surface area contributed by atoms with E-state index in [0.717, 1.165) is 38.5 Å². The Kier molecular flexibility index (Phi) is 46.4. The fourth-order valence-electron chi connectivity index (χ4n) is 6.83. The minimum Gasteiger partial charge on any atom is -0.462 e. The molecule has 0 rings (SSSR count). The second-order valence-electron chi connectivity index (χ2n) is 16.7. The molecule has 2 atom stereocenters. The van der Waals surface area contributed by atoms with Crippen LogP contribution >= 0.6 is 7.82 Å². The number of carbonyl (C=O) groups excluding carboxylic acids is 2. The fourth-order valence-corrected chi connectivity index (χ4v) is 7.58. The van der Waals surface area contributed by atoms with Crippen molar-refractivity contribution in [2.45, 2.75) is 225 Å². The standard InChI is InChI=1S/C52H94NO8P/c1-4-6-8-10-12-14-16-18-20-22-24-25-27-29-31-33-35-37-39-41-43-45-52(55)61-50(49-60-62(56,57)59-47-46-53-3)48-58-51(54)44-42-40-38-36-34-32-30-28-26-23-21-19-17-15-13-11-9-7-5-2/h13,15,19,21,26,28,32,34,38,40,50,53H,4-12,14,16-18,20,22-25,27,29-31,33,35-37,39,41-49H2,1-3H3,(H,56,57)/b15-13-,21-19-,28-26-,34-32-,40-38-. The van der Waals surface area contributed by atoms with E-state index in [1.807, 2.05) is 12.2 Å². The number of phosphoric ester groups is 1. The molecule has 2 N–H and O–H groups in total. The third-order valence-corrected chi connectivity index (χ3v) is 11.6. The van der Waals surface area contributed by atoms with Crippen molar-refractivity contribution in [2.75, 3.05) is 33.4 Å². The topological polar surface area (TPSA) is 120 Å². The first-order chi connectivity index (χ1) is 30.3. The smallest absolute Gasteiger partial charge is 0.462 e. The van der Waals surface area contributed by atoms with E-state index in [9.17, 15) is 19.0 Å². The van der Waals surface area contributed by atoms with Crippen LogP contribution in [0.2, 0.25) is 0 Å². The Morgan fingerprint density at radius 2 is 0.903 bits per heavy atom. The van der Waals surface area contributed by atoms with Crippen LogP contribution in [0, 0.1) is 0 Å². The maximum Gasteiger partial charge on any atom is 0.472 e. The van der Waals surface area contributed by atoms with Gasteiger partial charge in [-0.05, 0) is 58.4 Å². The SMILES string of the molecule is CCCCC/C=C\C/C=C\C/C=C\C/C=C\C/C=C\CCC(=O)OCC(COP(=O)(O)OCCNC)OC(=O)CCCCCCCCCCCCCCCCCCCCCCC. The molecule has 0 radical (unpaired) electrons. The van der Waals surface area contributed by atoms with Crippen molar-refractivity contribution in [3.05, 3.63) is 60.8 Å². The number of allylic oxidation sites excluding steroid dienone is 10. The van der Waals surface area contributed by atoms with Crippen molar-refractivity contribution in [1.29, 1.82) is 0 Å². The Balaban J connectivity index is 4.22. The van der Waals surface area contributed by atoms with Crippen molar-refractivity contribution < 1.29 is 37.6 Å². The zero-order valence-electron chi connectivity index (χ0n) is 40.1. The Morgan fingerprint density at radius 3 is 1.35 bits per heavy atom. The highest BCUT2D eigenvalue weighted by atomic mass is 31.2. The molecule has 360 valence electrons. The van der Waals surface area contributed by atoms with E-state index in [4.69, 9.17) is 18.5 Å². The molecule has 10 heteroatoms. The zero-order chi connectivity index (χ0) is 45.3. The van der Waals surface area contributed by atoms with Crippen LogP contribution in [-0.2, 0) is 32.7 Å². The summed E-state index contributed by atoms with van der Waals surface area (Å²) < 4.78 is 33.2. The molecule has 0 aliphatic carbocycles. The molecule has 0 aromatic rings. The molecule has 0 saturated carbocycles. The summed E-state index contributed by atoms with van der Waals surface area (Å²) in [6.07, 6.45) is 57.2. The number of nitrogens with one attached hydrogen (secondary N) is 1.